The van der Waals surface area contributed by atoms with Gasteiger partial charge >= 0.3 is 0 Å². The number of hydrogen-bond acceptors (Lipinski definition) is 4. The Morgan fingerprint density at radius 3 is 2.79 bits per heavy atom. The molecule has 0 bridgehead atoms. The Labute approximate surface area is 113 Å². The average Bonchev–Trinajstić information content (AvgIpc) is 2.38. The fourth-order valence-electron chi connectivity index (χ4n) is 2.60. The van der Waals surface area contributed by atoms with E-state index in [-0.39, 0.29) is 0 Å². The molecule has 0 spiro atoms. The van der Waals surface area contributed by atoms with Crippen molar-refractivity contribution >= 4 is 0 Å². The first kappa shape index (κ1) is 12.2. The Hall–Kier alpha value is -1.81. The number of hydrogen-bond donors (Lipinski definition) is 1. The van der Waals surface area contributed by atoms with Gasteiger partial charge in [-0.25, -0.2) is 9.97 Å². The van der Waals surface area contributed by atoms with Crippen molar-refractivity contribution in [3.05, 3.63) is 40.3 Å². The molecule has 0 aliphatic carbocycles. The highest BCUT2D eigenvalue weighted by Gasteiger charge is 2.17. The Morgan fingerprint density at radius 1 is 1.16 bits per heavy atom. The van der Waals surface area contributed by atoms with E-state index in [1.807, 2.05) is 13.1 Å². The molecule has 0 saturated carbocycles. The highest BCUT2D eigenvalue weighted by molar-refractivity contribution is 5.56. The van der Waals surface area contributed by atoms with Gasteiger partial charge in [0.25, 0.3) is 0 Å². The normalized spacial score (nSPS) is 14.3. The maximum Gasteiger partial charge on any atom is 0.178 e. The first-order valence-corrected chi connectivity index (χ1v) is 6.66. The van der Waals surface area contributed by atoms with E-state index >= 15 is 0 Å². The van der Waals surface area contributed by atoms with Crippen molar-refractivity contribution in [3.8, 4) is 11.5 Å². The molecule has 0 amide bonds. The van der Waals surface area contributed by atoms with E-state index < -0.39 is 0 Å². The lowest BCUT2D eigenvalue weighted by Crippen LogP contribution is -2.26. The molecule has 0 radical (unpaired) electrons. The SMILES string of the molecule is Cc1cnc(-c2nc(C)c3c(n2)CNCC3)c(C)c1. The maximum atomic E-state index is 4.70. The zero-order valence-electron chi connectivity index (χ0n) is 11.6. The number of fused-ring (bicyclic) bond motifs is 1. The molecule has 1 N–H and O–H groups in total. The van der Waals surface area contributed by atoms with E-state index in [1.54, 1.807) is 0 Å². The molecule has 4 nitrogen and oxygen atoms in total. The number of pyridine rings is 1. The van der Waals surface area contributed by atoms with Gasteiger partial charge in [-0.05, 0) is 50.4 Å². The van der Waals surface area contributed by atoms with Crippen LogP contribution in [0.3, 0.4) is 0 Å². The van der Waals surface area contributed by atoms with Gasteiger partial charge in [0.05, 0.1) is 5.69 Å². The summed E-state index contributed by atoms with van der Waals surface area (Å²) in [4.78, 5) is 13.8. The Balaban J connectivity index is 2.13. The summed E-state index contributed by atoms with van der Waals surface area (Å²) in [6.07, 6.45) is 2.89. The summed E-state index contributed by atoms with van der Waals surface area (Å²) in [5.41, 5.74) is 6.69. The standard InChI is InChI=1S/C15H18N4/c1-9-6-10(2)14(17-7-9)15-18-11(3)12-4-5-16-8-13(12)19-15/h6-7,16H,4-5,8H2,1-3H3. The molecule has 2 aromatic heterocycles. The monoisotopic (exact) mass is 254 g/mol. The lowest BCUT2D eigenvalue weighted by molar-refractivity contribution is 0.619. The summed E-state index contributed by atoms with van der Waals surface area (Å²) >= 11 is 0. The molecule has 4 heteroatoms. The summed E-state index contributed by atoms with van der Waals surface area (Å²) in [6.45, 7) is 8.02. The van der Waals surface area contributed by atoms with Crippen molar-refractivity contribution < 1.29 is 0 Å². The van der Waals surface area contributed by atoms with Gasteiger partial charge in [-0.2, -0.15) is 0 Å². The van der Waals surface area contributed by atoms with Gasteiger partial charge in [-0.15, -0.1) is 0 Å². The van der Waals surface area contributed by atoms with E-state index in [1.165, 1.54) is 5.56 Å². The number of aromatic nitrogens is 3. The summed E-state index contributed by atoms with van der Waals surface area (Å²) in [5, 5.41) is 3.36. The number of rotatable bonds is 1. The van der Waals surface area contributed by atoms with Gasteiger partial charge in [0.15, 0.2) is 5.82 Å². The van der Waals surface area contributed by atoms with E-state index in [0.29, 0.717) is 0 Å². The van der Waals surface area contributed by atoms with Crippen LogP contribution in [0.2, 0.25) is 0 Å². The van der Waals surface area contributed by atoms with E-state index in [4.69, 9.17) is 4.98 Å². The van der Waals surface area contributed by atoms with E-state index in [9.17, 15) is 0 Å². The quantitative estimate of drug-likeness (QED) is 0.847. The first-order chi connectivity index (χ1) is 9.15. The topological polar surface area (TPSA) is 50.7 Å². The lowest BCUT2D eigenvalue weighted by atomic mass is 10.0. The molecule has 0 aromatic carbocycles. The number of nitrogens with one attached hydrogen (secondary N) is 1. The summed E-state index contributed by atoms with van der Waals surface area (Å²) in [6, 6.07) is 2.12. The van der Waals surface area contributed by atoms with Crippen LogP contribution in [-0.4, -0.2) is 21.5 Å². The van der Waals surface area contributed by atoms with E-state index in [0.717, 1.165) is 53.5 Å². The van der Waals surface area contributed by atoms with Crippen molar-refractivity contribution in [2.45, 2.75) is 33.7 Å². The van der Waals surface area contributed by atoms with Crippen molar-refractivity contribution in [1.29, 1.82) is 0 Å². The smallest absolute Gasteiger partial charge is 0.178 e. The van der Waals surface area contributed by atoms with Gasteiger partial charge in [0, 0.05) is 18.4 Å². The van der Waals surface area contributed by atoms with Gasteiger partial charge in [-0.3, -0.25) is 4.98 Å². The molecule has 0 fully saturated rings. The number of aryl methyl sites for hydroxylation is 3. The molecule has 0 atom stereocenters. The van der Waals surface area contributed by atoms with Crippen LogP contribution in [0.25, 0.3) is 11.5 Å². The highest BCUT2D eigenvalue weighted by atomic mass is 15.0. The minimum atomic E-state index is 0.748. The number of nitrogens with zero attached hydrogens (tertiary/aromatic N) is 3. The van der Waals surface area contributed by atoms with Crippen LogP contribution in [0.1, 0.15) is 28.1 Å². The highest BCUT2D eigenvalue weighted by Crippen LogP contribution is 2.22. The van der Waals surface area contributed by atoms with Gasteiger partial charge < -0.3 is 5.32 Å². The van der Waals surface area contributed by atoms with Crippen molar-refractivity contribution in [1.82, 2.24) is 20.3 Å². The Morgan fingerprint density at radius 2 is 2.00 bits per heavy atom. The van der Waals surface area contributed by atoms with Crippen LogP contribution >= 0.6 is 0 Å². The fourth-order valence-corrected chi connectivity index (χ4v) is 2.60. The molecular weight excluding hydrogens is 236 g/mol. The summed E-state index contributed by atoms with van der Waals surface area (Å²) < 4.78 is 0. The molecule has 1 aliphatic rings. The molecule has 0 saturated heterocycles. The van der Waals surface area contributed by atoms with Crippen molar-refractivity contribution in [2.75, 3.05) is 6.54 Å². The third-order valence-electron chi connectivity index (χ3n) is 3.57. The van der Waals surface area contributed by atoms with Crippen molar-refractivity contribution in [3.63, 3.8) is 0 Å². The molecule has 0 unspecified atom stereocenters. The summed E-state index contributed by atoms with van der Waals surface area (Å²) in [7, 11) is 0. The van der Waals surface area contributed by atoms with Crippen LogP contribution in [0.4, 0.5) is 0 Å². The molecule has 98 valence electrons. The molecule has 3 rings (SSSR count). The zero-order chi connectivity index (χ0) is 13.4. The van der Waals surface area contributed by atoms with Gasteiger partial charge in [0.2, 0.25) is 0 Å². The predicted octanol–water partition coefficient (Wildman–Crippen LogP) is 2.11. The van der Waals surface area contributed by atoms with Crippen LogP contribution in [0, 0.1) is 20.8 Å². The second kappa shape index (κ2) is 4.70. The first-order valence-electron chi connectivity index (χ1n) is 6.66. The average molecular weight is 254 g/mol. The summed E-state index contributed by atoms with van der Waals surface area (Å²) in [5.74, 6) is 0.748. The van der Waals surface area contributed by atoms with Crippen LogP contribution < -0.4 is 5.32 Å². The molecule has 19 heavy (non-hydrogen) atoms. The molecule has 1 aliphatic heterocycles. The minimum Gasteiger partial charge on any atom is -0.311 e. The second-order valence-electron chi connectivity index (χ2n) is 5.16. The predicted molar refractivity (Wildman–Crippen MR) is 74.9 cm³/mol. The maximum absolute atomic E-state index is 4.70. The Kier molecular flexibility index (Phi) is 3.03. The van der Waals surface area contributed by atoms with Gasteiger partial charge in [-0.1, -0.05) is 6.07 Å². The molecule has 3 heterocycles. The van der Waals surface area contributed by atoms with E-state index in [2.05, 4.69) is 35.2 Å². The molecular formula is C15H18N4. The Bertz CT molecular complexity index is 634. The van der Waals surface area contributed by atoms with Crippen LogP contribution in [0.5, 0.6) is 0 Å². The van der Waals surface area contributed by atoms with Crippen LogP contribution in [-0.2, 0) is 13.0 Å². The van der Waals surface area contributed by atoms with Crippen LogP contribution in [0.15, 0.2) is 12.3 Å². The molecule has 2 aromatic rings. The van der Waals surface area contributed by atoms with Crippen molar-refractivity contribution in [2.24, 2.45) is 0 Å². The fraction of sp³-hybridized carbons (Fsp3) is 0.400. The second-order valence-corrected chi connectivity index (χ2v) is 5.16. The largest absolute Gasteiger partial charge is 0.311 e. The zero-order valence-corrected chi connectivity index (χ0v) is 11.6. The third-order valence-corrected chi connectivity index (χ3v) is 3.57. The lowest BCUT2D eigenvalue weighted by Gasteiger charge is -2.18. The van der Waals surface area contributed by atoms with Gasteiger partial charge in [0.1, 0.15) is 5.69 Å². The minimum absolute atomic E-state index is 0.748. The third kappa shape index (κ3) is 2.24.